The summed E-state index contributed by atoms with van der Waals surface area (Å²) in [5.74, 6) is 0.982. The van der Waals surface area contributed by atoms with Gasteiger partial charge in [-0.25, -0.2) is 0 Å². The Morgan fingerprint density at radius 1 is 1.20 bits per heavy atom. The van der Waals surface area contributed by atoms with E-state index >= 15 is 0 Å². The molecule has 0 saturated carbocycles. The third-order valence-corrected chi connectivity index (χ3v) is 3.93. The van der Waals surface area contributed by atoms with E-state index in [1.54, 1.807) is 0 Å². The predicted molar refractivity (Wildman–Crippen MR) is 85.2 cm³/mol. The standard InChI is InChI=1S/C17H16ClNO/c1-3-15-17(11-6-4-5-7-16(11)20-15)12-9-13(18)14(19)8-10(12)2/h4-9H,3,19H2,1-2H3. The van der Waals surface area contributed by atoms with Gasteiger partial charge in [0.15, 0.2) is 0 Å². The first-order valence-electron chi connectivity index (χ1n) is 6.68. The number of furan rings is 1. The van der Waals surface area contributed by atoms with Crippen molar-refractivity contribution in [1.29, 1.82) is 0 Å². The number of halogens is 1. The molecule has 0 spiro atoms. The van der Waals surface area contributed by atoms with E-state index < -0.39 is 0 Å². The van der Waals surface area contributed by atoms with Gasteiger partial charge in [0.2, 0.25) is 0 Å². The predicted octanol–water partition coefficient (Wildman–Crippen LogP) is 5.21. The number of hydrogen-bond donors (Lipinski definition) is 1. The maximum Gasteiger partial charge on any atom is 0.134 e. The lowest BCUT2D eigenvalue weighted by Crippen LogP contribution is -1.92. The number of benzene rings is 2. The fourth-order valence-corrected chi connectivity index (χ4v) is 2.78. The van der Waals surface area contributed by atoms with Crippen molar-refractivity contribution in [3.05, 3.63) is 52.7 Å². The lowest BCUT2D eigenvalue weighted by molar-refractivity contribution is 0.558. The molecule has 0 amide bonds. The second kappa shape index (κ2) is 4.88. The number of fused-ring (bicyclic) bond motifs is 1. The van der Waals surface area contributed by atoms with Gasteiger partial charge >= 0.3 is 0 Å². The summed E-state index contributed by atoms with van der Waals surface area (Å²) in [7, 11) is 0. The van der Waals surface area contributed by atoms with Crippen molar-refractivity contribution in [3.63, 3.8) is 0 Å². The van der Waals surface area contributed by atoms with Crippen LogP contribution < -0.4 is 5.73 Å². The molecule has 0 aliphatic heterocycles. The summed E-state index contributed by atoms with van der Waals surface area (Å²) in [6, 6.07) is 11.9. The number of rotatable bonds is 2. The topological polar surface area (TPSA) is 39.2 Å². The molecule has 20 heavy (non-hydrogen) atoms. The summed E-state index contributed by atoms with van der Waals surface area (Å²) < 4.78 is 5.95. The molecule has 102 valence electrons. The summed E-state index contributed by atoms with van der Waals surface area (Å²) in [5.41, 5.74) is 10.7. The second-order valence-electron chi connectivity index (χ2n) is 4.94. The van der Waals surface area contributed by atoms with Gasteiger partial charge in [0.05, 0.1) is 10.7 Å². The molecule has 3 rings (SSSR count). The molecule has 0 fully saturated rings. The zero-order valence-electron chi connectivity index (χ0n) is 11.5. The van der Waals surface area contributed by atoms with E-state index in [9.17, 15) is 0 Å². The Balaban J connectivity index is 2.36. The zero-order chi connectivity index (χ0) is 14.3. The van der Waals surface area contributed by atoms with E-state index in [1.165, 1.54) is 0 Å². The highest BCUT2D eigenvalue weighted by Crippen LogP contribution is 2.39. The van der Waals surface area contributed by atoms with Crippen molar-refractivity contribution < 1.29 is 4.42 Å². The van der Waals surface area contributed by atoms with E-state index in [4.69, 9.17) is 21.8 Å². The Bertz CT molecular complexity index is 789. The van der Waals surface area contributed by atoms with Crippen LogP contribution in [0.3, 0.4) is 0 Å². The molecule has 0 aliphatic rings. The van der Waals surface area contributed by atoms with Crippen LogP contribution >= 0.6 is 11.6 Å². The van der Waals surface area contributed by atoms with Crippen molar-refractivity contribution in [2.24, 2.45) is 0 Å². The first-order valence-corrected chi connectivity index (χ1v) is 7.06. The molecule has 0 unspecified atom stereocenters. The van der Waals surface area contributed by atoms with Gasteiger partial charge in [-0.05, 0) is 36.2 Å². The van der Waals surface area contributed by atoms with Crippen molar-refractivity contribution in [2.75, 3.05) is 5.73 Å². The van der Waals surface area contributed by atoms with Gasteiger partial charge in [0.1, 0.15) is 11.3 Å². The van der Waals surface area contributed by atoms with E-state index in [0.717, 1.165) is 39.8 Å². The van der Waals surface area contributed by atoms with Gasteiger partial charge in [-0.15, -0.1) is 0 Å². The van der Waals surface area contributed by atoms with Crippen LogP contribution in [0.2, 0.25) is 5.02 Å². The van der Waals surface area contributed by atoms with Crippen molar-refractivity contribution in [3.8, 4) is 11.1 Å². The maximum absolute atomic E-state index is 6.19. The van der Waals surface area contributed by atoms with Gasteiger partial charge in [0.25, 0.3) is 0 Å². The van der Waals surface area contributed by atoms with Gasteiger partial charge in [-0.1, -0.05) is 36.7 Å². The molecule has 0 atom stereocenters. The summed E-state index contributed by atoms with van der Waals surface area (Å²) in [5, 5.41) is 1.70. The van der Waals surface area contributed by atoms with Crippen LogP contribution in [0.4, 0.5) is 5.69 Å². The number of hydrogen-bond acceptors (Lipinski definition) is 2. The molecule has 0 saturated heterocycles. The first kappa shape index (κ1) is 13.1. The highest BCUT2D eigenvalue weighted by atomic mass is 35.5. The van der Waals surface area contributed by atoms with Gasteiger partial charge in [-0.3, -0.25) is 0 Å². The maximum atomic E-state index is 6.19. The Morgan fingerprint density at radius 2 is 1.95 bits per heavy atom. The second-order valence-corrected chi connectivity index (χ2v) is 5.35. The quantitative estimate of drug-likeness (QED) is 0.657. The van der Waals surface area contributed by atoms with Crippen LogP contribution in [0.5, 0.6) is 0 Å². The lowest BCUT2D eigenvalue weighted by Gasteiger charge is -2.09. The van der Waals surface area contributed by atoms with Crippen molar-refractivity contribution in [2.45, 2.75) is 20.3 Å². The van der Waals surface area contributed by atoms with E-state index in [0.29, 0.717) is 10.7 Å². The molecule has 2 N–H and O–H groups in total. The Labute approximate surface area is 123 Å². The van der Waals surface area contributed by atoms with Crippen LogP contribution in [0, 0.1) is 6.92 Å². The average molecular weight is 286 g/mol. The van der Waals surface area contributed by atoms with Crippen LogP contribution in [0.1, 0.15) is 18.2 Å². The van der Waals surface area contributed by atoms with Crippen LogP contribution in [-0.4, -0.2) is 0 Å². The number of nitrogens with two attached hydrogens (primary N) is 1. The third-order valence-electron chi connectivity index (χ3n) is 3.60. The molecule has 3 heteroatoms. The Morgan fingerprint density at radius 3 is 2.70 bits per heavy atom. The lowest BCUT2D eigenvalue weighted by atomic mass is 9.96. The first-order chi connectivity index (χ1) is 9.61. The smallest absolute Gasteiger partial charge is 0.134 e. The fourth-order valence-electron chi connectivity index (χ4n) is 2.61. The number of anilines is 1. The third kappa shape index (κ3) is 1.97. The molecule has 1 aromatic heterocycles. The van der Waals surface area contributed by atoms with E-state index in [2.05, 4.69) is 13.0 Å². The molecule has 2 nitrogen and oxygen atoms in total. The molecular formula is C17H16ClNO. The highest BCUT2D eigenvalue weighted by molar-refractivity contribution is 6.33. The largest absolute Gasteiger partial charge is 0.460 e. The summed E-state index contributed by atoms with van der Waals surface area (Å²) >= 11 is 6.19. The summed E-state index contributed by atoms with van der Waals surface area (Å²) in [6.07, 6.45) is 0.839. The van der Waals surface area contributed by atoms with Gasteiger partial charge < -0.3 is 10.2 Å². The molecule has 0 bridgehead atoms. The minimum atomic E-state index is 0.581. The Kier molecular flexibility index (Phi) is 3.19. The highest BCUT2D eigenvalue weighted by Gasteiger charge is 2.17. The van der Waals surface area contributed by atoms with Crippen molar-refractivity contribution >= 4 is 28.3 Å². The van der Waals surface area contributed by atoms with Crippen LogP contribution in [0.15, 0.2) is 40.8 Å². The van der Waals surface area contributed by atoms with Crippen molar-refractivity contribution in [1.82, 2.24) is 0 Å². The number of aryl methyl sites for hydroxylation is 2. The van der Waals surface area contributed by atoms with E-state index in [-0.39, 0.29) is 0 Å². The van der Waals surface area contributed by atoms with Gasteiger partial charge in [-0.2, -0.15) is 0 Å². The molecular weight excluding hydrogens is 270 g/mol. The molecule has 0 radical (unpaired) electrons. The Hall–Kier alpha value is -1.93. The monoisotopic (exact) mass is 285 g/mol. The van der Waals surface area contributed by atoms with Crippen LogP contribution in [0.25, 0.3) is 22.1 Å². The molecule has 2 aromatic carbocycles. The molecule has 3 aromatic rings. The normalized spacial score (nSPS) is 11.2. The average Bonchev–Trinajstić information content (AvgIpc) is 2.81. The minimum absolute atomic E-state index is 0.581. The van der Waals surface area contributed by atoms with Crippen LogP contribution in [-0.2, 0) is 6.42 Å². The fraction of sp³-hybridized carbons (Fsp3) is 0.176. The minimum Gasteiger partial charge on any atom is -0.460 e. The molecule has 1 heterocycles. The summed E-state index contributed by atoms with van der Waals surface area (Å²) in [4.78, 5) is 0. The van der Waals surface area contributed by atoms with E-state index in [1.807, 2.05) is 37.3 Å². The zero-order valence-corrected chi connectivity index (χ0v) is 12.3. The molecule has 0 aliphatic carbocycles. The SMILES string of the molecule is CCc1oc2ccccc2c1-c1cc(Cl)c(N)cc1C. The van der Waals surface area contributed by atoms with Gasteiger partial charge in [0, 0.05) is 17.4 Å². The summed E-state index contributed by atoms with van der Waals surface area (Å²) in [6.45, 7) is 4.14. The number of para-hydroxylation sites is 1. The number of nitrogen functional groups attached to an aromatic ring is 1.